The highest BCUT2D eigenvalue weighted by Gasteiger charge is 2.28. The van der Waals surface area contributed by atoms with E-state index in [0.29, 0.717) is 19.6 Å². The molecule has 0 saturated carbocycles. The number of hydrogen-bond donors (Lipinski definition) is 2. The first-order valence-corrected chi connectivity index (χ1v) is 3.28. The molecule has 58 valence electrons. The normalized spacial score (nSPS) is 33.7. The fraction of sp³-hybridized carbons (Fsp3) is 0.833. The van der Waals surface area contributed by atoms with Crippen LogP contribution in [0.15, 0.2) is 0 Å². The highest BCUT2D eigenvalue weighted by molar-refractivity contribution is 5.71. The fourth-order valence-corrected chi connectivity index (χ4v) is 1.07. The second kappa shape index (κ2) is 2.98. The molecule has 10 heavy (non-hydrogen) atoms. The van der Waals surface area contributed by atoms with Crippen LogP contribution in [0.2, 0.25) is 0 Å². The molecule has 1 aliphatic heterocycles. The van der Waals surface area contributed by atoms with E-state index in [0.717, 1.165) is 0 Å². The molecule has 0 radical (unpaired) electrons. The number of aliphatic carboxylic acids is 1. The van der Waals surface area contributed by atoms with Crippen molar-refractivity contribution in [1.82, 2.24) is 0 Å². The molecule has 4 nitrogen and oxygen atoms in total. The van der Waals surface area contributed by atoms with Crippen molar-refractivity contribution in [1.29, 1.82) is 0 Å². The van der Waals surface area contributed by atoms with Crippen molar-refractivity contribution in [2.24, 2.45) is 11.7 Å². The van der Waals surface area contributed by atoms with Gasteiger partial charge in [0, 0.05) is 12.6 Å². The Morgan fingerprint density at radius 1 is 1.70 bits per heavy atom. The number of carbonyl (C=O) groups is 1. The van der Waals surface area contributed by atoms with E-state index in [-0.39, 0.29) is 6.04 Å². The van der Waals surface area contributed by atoms with Crippen LogP contribution in [0.1, 0.15) is 6.42 Å². The zero-order valence-corrected chi connectivity index (χ0v) is 5.62. The molecule has 0 aromatic carbocycles. The van der Waals surface area contributed by atoms with Crippen LogP contribution in [0.4, 0.5) is 0 Å². The van der Waals surface area contributed by atoms with E-state index in [1.165, 1.54) is 0 Å². The summed E-state index contributed by atoms with van der Waals surface area (Å²) >= 11 is 0. The number of hydrogen-bond acceptors (Lipinski definition) is 3. The van der Waals surface area contributed by atoms with Crippen molar-refractivity contribution in [3.63, 3.8) is 0 Å². The van der Waals surface area contributed by atoms with Gasteiger partial charge in [-0.1, -0.05) is 0 Å². The van der Waals surface area contributed by atoms with Crippen LogP contribution in [-0.4, -0.2) is 30.3 Å². The van der Waals surface area contributed by atoms with Gasteiger partial charge in [0.05, 0.1) is 12.5 Å². The van der Waals surface area contributed by atoms with E-state index >= 15 is 0 Å². The van der Waals surface area contributed by atoms with Gasteiger partial charge in [-0.2, -0.15) is 0 Å². The lowest BCUT2D eigenvalue weighted by molar-refractivity contribution is -0.145. The summed E-state index contributed by atoms with van der Waals surface area (Å²) in [5, 5.41) is 8.57. The van der Waals surface area contributed by atoms with E-state index in [4.69, 9.17) is 15.6 Å². The first-order chi connectivity index (χ1) is 4.72. The second-order valence-electron chi connectivity index (χ2n) is 2.47. The fourth-order valence-electron chi connectivity index (χ4n) is 1.07. The summed E-state index contributed by atoms with van der Waals surface area (Å²) in [6, 6.07) is -0.328. The first-order valence-electron chi connectivity index (χ1n) is 3.28. The number of carboxylic acid groups (broad SMARTS) is 1. The molecule has 1 saturated heterocycles. The van der Waals surface area contributed by atoms with E-state index in [1.807, 2.05) is 0 Å². The molecule has 0 spiro atoms. The zero-order chi connectivity index (χ0) is 7.56. The minimum atomic E-state index is -0.809. The maximum Gasteiger partial charge on any atom is 0.308 e. The Labute approximate surface area is 59.0 Å². The molecule has 4 heteroatoms. The van der Waals surface area contributed by atoms with Crippen molar-refractivity contribution in [3.8, 4) is 0 Å². The Kier molecular flexibility index (Phi) is 2.24. The quantitative estimate of drug-likeness (QED) is 0.518. The molecule has 0 aromatic heterocycles. The van der Waals surface area contributed by atoms with Crippen LogP contribution in [-0.2, 0) is 9.53 Å². The second-order valence-corrected chi connectivity index (χ2v) is 2.47. The summed E-state index contributed by atoms with van der Waals surface area (Å²) in [5.41, 5.74) is 5.47. The molecule has 2 unspecified atom stereocenters. The van der Waals surface area contributed by atoms with Crippen molar-refractivity contribution < 1.29 is 14.6 Å². The summed E-state index contributed by atoms with van der Waals surface area (Å²) in [6.45, 7) is 0.891. The lowest BCUT2D eigenvalue weighted by Gasteiger charge is -2.24. The lowest BCUT2D eigenvalue weighted by Crippen LogP contribution is -2.43. The number of carboxylic acids is 1. The van der Waals surface area contributed by atoms with Gasteiger partial charge in [0.2, 0.25) is 0 Å². The van der Waals surface area contributed by atoms with Gasteiger partial charge in [-0.25, -0.2) is 0 Å². The van der Waals surface area contributed by atoms with Crippen molar-refractivity contribution in [2.75, 3.05) is 13.2 Å². The topological polar surface area (TPSA) is 72.5 Å². The molecule has 1 fully saturated rings. The highest BCUT2D eigenvalue weighted by Crippen LogP contribution is 2.13. The molecule has 0 bridgehead atoms. The lowest BCUT2D eigenvalue weighted by atomic mass is 9.96. The van der Waals surface area contributed by atoms with Crippen LogP contribution in [0.5, 0.6) is 0 Å². The van der Waals surface area contributed by atoms with Gasteiger partial charge < -0.3 is 15.6 Å². The summed E-state index contributed by atoms with van der Waals surface area (Å²) in [4.78, 5) is 10.4. The number of ether oxygens (including phenoxy) is 1. The average molecular weight is 145 g/mol. The van der Waals surface area contributed by atoms with Crippen LogP contribution >= 0.6 is 0 Å². The number of nitrogens with two attached hydrogens (primary N) is 1. The van der Waals surface area contributed by atoms with Gasteiger partial charge in [0.1, 0.15) is 0 Å². The van der Waals surface area contributed by atoms with Crippen LogP contribution in [0, 0.1) is 5.92 Å². The molecular weight excluding hydrogens is 134 g/mol. The van der Waals surface area contributed by atoms with Crippen LogP contribution in [0.25, 0.3) is 0 Å². The Balaban J connectivity index is 2.47. The predicted octanol–water partition coefficient (Wildman–Crippen LogP) is -0.565. The average Bonchev–Trinajstić information content (AvgIpc) is 1.88. The SMILES string of the molecule is NC1COCCC1C(=O)O. The summed E-state index contributed by atoms with van der Waals surface area (Å²) in [7, 11) is 0. The standard InChI is InChI=1S/C6H11NO3/c7-5-3-10-2-1-4(5)6(8)9/h4-5H,1-3,7H2,(H,8,9). The van der Waals surface area contributed by atoms with Gasteiger partial charge >= 0.3 is 5.97 Å². The third-order valence-electron chi connectivity index (χ3n) is 1.72. The maximum absolute atomic E-state index is 10.4. The molecule has 1 rings (SSSR count). The Morgan fingerprint density at radius 3 is 2.80 bits per heavy atom. The van der Waals surface area contributed by atoms with Crippen molar-refractivity contribution in [2.45, 2.75) is 12.5 Å². The molecule has 3 N–H and O–H groups in total. The van der Waals surface area contributed by atoms with Gasteiger partial charge in [-0.15, -0.1) is 0 Å². The zero-order valence-electron chi connectivity index (χ0n) is 5.62. The van der Waals surface area contributed by atoms with Crippen LogP contribution < -0.4 is 5.73 Å². The Morgan fingerprint density at radius 2 is 2.40 bits per heavy atom. The molecule has 0 aromatic rings. The van der Waals surface area contributed by atoms with Crippen LogP contribution in [0.3, 0.4) is 0 Å². The van der Waals surface area contributed by atoms with E-state index in [2.05, 4.69) is 0 Å². The van der Waals surface area contributed by atoms with Gasteiger partial charge in [-0.3, -0.25) is 4.79 Å². The number of rotatable bonds is 1. The van der Waals surface area contributed by atoms with E-state index in [9.17, 15) is 4.79 Å². The molecule has 1 aliphatic rings. The molecule has 0 aliphatic carbocycles. The predicted molar refractivity (Wildman–Crippen MR) is 34.5 cm³/mol. The molecule has 2 atom stereocenters. The monoisotopic (exact) mass is 145 g/mol. The van der Waals surface area contributed by atoms with Gasteiger partial charge in [0.15, 0.2) is 0 Å². The minimum absolute atomic E-state index is 0.328. The van der Waals surface area contributed by atoms with Crippen molar-refractivity contribution in [3.05, 3.63) is 0 Å². The van der Waals surface area contributed by atoms with Crippen molar-refractivity contribution >= 4 is 5.97 Å². The first kappa shape index (κ1) is 7.50. The molecule has 0 amide bonds. The van der Waals surface area contributed by atoms with E-state index < -0.39 is 11.9 Å². The van der Waals surface area contributed by atoms with Gasteiger partial charge in [0.25, 0.3) is 0 Å². The largest absolute Gasteiger partial charge is 0.481 e. The summed E-state index contributed by atoms with van der Waals surface area (Å²) < 4.78 is 4.97. The smallest absolute Gasteiger partial charge is 0.308 e. The summed E-state index contributed by atoms with van der Waals surface area (Å²) in [6.07, 6.45) is 0.538. The summed E-state index contributed by atoms with van der Waals surface area (Å²) in [5.74, 6) is -1.22. The highest BCUT2D eigenvalue weighted by atomic mass is 16.5. The maximum atomic E-state index is 10.4. The molecule has 1 heterocycles. The Bertz CT molecular complexity index is 137. The molecular formula is C6H11NO3. The third kappa shape index (κ3) is 1.46. The Hall–Kier alpha value is -0.610. The van der Waals surface area contributed by atoms with Gasteiger partial charge in [-0.05, 0) is 6.42 Å². The third-order valence-corrected chi connectivity index (χ3v) is 1.72. The minimum Gasteiger partial charge on any atom is -0.481 e. The van der Waals surface area contributed by atoms with E-state index in [1.54, 1.807) is 0 Å².